The quantitative estimate of drug-likeness (QED) is 0.794. The summed E-state index contributed by atoms with van der Waals surface area (Å²) in [6.45, 7) is 5.27. The van der Waals surface area contributed by atoms with Gasteiger partial charge < -0.3 is 24.7 Å². The molecule has 1 amide bonds. The third-order valence-corrected chi connectivity index (χ3v) is 5.83. The Labute approximate surface area is 169 Å². The van der Waals surface area contributed by atoms with Crippen molar-refractivity contribution in [2.45, 2.75) is 44.8 Å². The molecule has 154 valence electrons. The third-order valence-electron chi connectivity index (χ3n) is 5.83. The average Bonchev–Trinajstić information content (AvgIpc) is 3.28. The van der Waals surface area contributed by atoms with Gasteiger partial charge in [0.25, 0.3) is 5.91 Å². The molecule has 1 fully saturated rings. The van der Waals surface area contributed by atoms with Gasteiger partial charge in [-0.25, -0.2) is 9.78 Å². The van der Waals surface area contributed by atoms with Crippen LogP contribution in [0.2, 0.25) is 0 Å². The van der Waals surface area contributed by atoms with Crippen molar-refractivity contribution in [3.05, 3.63) is 41.9 Å². The van der Waals surface area contributed by atoms with Crippen LogP contribution in [0.5, 0.6) is 5.75 Å². The standard InChI is InChI=1S/C21H26N4O4/c1-3-28-21(27)17-19(22)25(12-23-17)14-8-10-24(11-9-14)20(26)18-13(2)15-6-4-5-7-16(15)29-18/h4-7,12-14,18H,3,8-11,22H2,1-2H3/t13-,18+/m1/s1. The molecule has 4 rings (SSSR count). The van der Waals surface area contributed by atoms with Crippen molar-refractivity contribution in [1.82, 2.24) is 14.5 Å². The number of carbonyl (C=O) groups excluding carboxylic acids is 2. The molecule has 1 aromatic heterocycles. The Hall–Kier alpha value is -3.03. The van der Waals surface area contributed by atoms with Gasteiger partial charge in [-0.15, -0.1) is 0 Å². The molecule has 0 spiro atoms. The minimum absolute atomic E-state index is 0.0259. The van der Waals surface area contributed by atoms with Crippen molar-refractivity contribution in [2.75, 3.05) is 25.4 Å². The fraction of sp³-hybridized carbons (Fsp3) is 0.476. The van der Waals surface area contributed by atoms with Crippen LogP contribution in [0.4, 0.5) is 5.82 Å². The molecular weight excluding hydrogens is 372 g/mol. The van der Waals surface area contributed by atoms with E-state index in [4.69, 9.17) is 15.2 Å². The van der Waals surface area contributed by atoms with Crippen LogP contribution in [-0.2, 0) is 9.53 Å². The zero-order chi connectivity index (χ0) is 20.5. The summed E-state index contributed by atoms with van der Waals surface area (Å²) in [5.74, 6) is 0.663. The van der Waals surface area contributed by atoms with Crippen LogP contribution in [-0.4, -0.2) is 52.1 Å². The number of esters is 1. The molecule has 2 aliphatic rings. The summed E-state index contributed by atoms with van der Waals surface area (Å²) in [6.07, 6.45) is 2.59. The molecule has 0 saturated carbocycles. The number of likely N-dealkylation sites (tertiary alicyclic amines) is 1. The zero-order valence-electron chi connectivity index (χ0n) is 16.7. The Morgan fingerprint density at radius 2 is 2.00 bits per heavy atom. The molecule has 8 heteroatoms. The van der Waals surface area contributed by atoms with Gasteiger partial charge >= 0.3 is 5.97 Å². The van der Waals surface area contributed by atoms with Crippen LogP contribution in [0.25, 0.3) is 0 Å². The molecule has 2 aromatic rings. The number of hydrogen-bond donors (Lipinski definition) is 1. The molecule has 1 saturated heterocycles. The summed E-state index contributed by atoms with van der Waals surface area (Å²) in [7, 11) is 0. The summed E-state index contributed by atoms with van der Waals surface area (Å²) in [6, 6.07) is 7.91. The third kappa shape index (κ3) is 3.43. The molecule has 0 bridgehead atoms. The SMILES string of the molecule is CCOC(=O)c1ncn(C2CCN(C(=O)[C@H]3Oc4ccccc4[C@H]3C)CC2)c1N. The number of nitrogens with two attached hydrogens (primary N) is 1. The number of nitrogen functional groups attached to an aromatic ring is 1. The molecule has 0 radical (unpaired) electrons. The predicted octanol–water partition coefficient (Wildman–Crippen LogP) is 2.37. The number of fused-ring (bicyclic) bond motifs is 1. The largest absolute Gasteiger partial charge is 0.480 e. The number of aromatic nitrogens is 2. The first-order chi connectivity index (χ1) is 14.0. The Morgan fingerprint density at radius 1 is 1.28 bits per heavy atom. The first-order valence-corrected chi connectivity index (χ1v) is 10.0. The number of benzene rings is 1. The van der Waals surface area contributed by atoms with Crippen LogP contribution in [0.1, 0.15) is 54.7 Å². The fourth-order valence-electron chi connectivity index (χ4n) is 4.19. The van der Waals surface area contributed by atoms with Crippen molar-refractivity contribution in [3.63, 3.8) is 0 Å². The number of nitrogens with zero attached hydrogens (tertiary/aromatic N) is 3. The van der Waals surface area contributed by atoms with Gasteiger partial charge in [-0.1, -0.05) is 25.1 Å². The van der Waals surface area contributed by atoms with Crippen LogP contribution in [0.3, 0.4) is 0 Å². The van der Waals surface area contributed by atoms with E-state index in [0.717, 1.165) is 24.2 Å². The normalized spacial score (nSPS) is 21.5. The maximum Gasteiger partial charge on any atom is 0.360 e. The van der Waals surface area contributed by atoms with Crippen molar-refractivity contribution in [3.8, 4) is 5.75 Å². The summed E-state index contributed by atoms with van der Waals surface area (Å²) in [4.78, 5) is 31.0. The van der Waals surface area contributed by atoms with Gasteiger partial charge in [0.05, 0.1) is 12.9 Å². The van der Waals surface area contributed by atoms with Crippen molar-refractivity contribution in [1.29, 1.82) is 0 Å². The molecule has 0 aliphatic carbocycles. The number of para-hydroxylation sites is 1. The Morgan fingerprint density at radius 3 is 2.69 bits per heavy atom. The first-order valence-electron chi connectivity index (χ1n) is 10.0. The van der Waals surface area contributed by atoms with E-state index in [9.17, 15) is 9.59 Å². The second-order valence-corrected chi connectivity index (χ2v) is 7.53. The van der Waals surface area contributed by atoms with E-state index in [1.54, 1.807) is 13.3 Å². The topological polar surface area (TPSA) is 99.7 Å². The second kappa shape index (κ2) is 7.77. The van der Waals surface area contributed by atoms with Crippen molar-refractivity contribution < 1.29 is 19.1 Å². The second-order valence-electron chi connectivity index (χ2n) is 7.53. The fourth-order valence-corrected chi connectivity index (χ4v) is 4.19. The van der Waals surface area contributed by atoms with Crippen LogP contribution >= 0.6 is 0 Å². The highest BCUT2D eigenvalue weighted by atomic mass is 16.5. The summed E-state index contributed by atoms with van der Waals surface area (Å²) in [5, 5.41) is 0. The van der Waals surface area contributed by atoms with Gasteiger partial charge in [-0.05, 0) is 25.8 Å². The lowest BCUT2D eigenvalue weighted by atomic mass is 9.96. The molecule has 2 atom stereocenters. The monoisotopic (exact) mass is 398 g/mol. The zero-order valence-corrected chi connectivity index (χ0v) is 16.7. The Bertz CT molecular complexity index is 917. The molecule has 29 heavy (non-hydrogen) atoms. The van der Waals surface area contributed by atoms with Crippen LogP contribution in [0.15, 0.2) is 30.6 Å². The number of rotatable bonds is 4. The van der Waals surface area contributed by atoms with Crippen molar-refractivity contribution >= 4 is 17.7 Å². The number of hydrogen-bond acceptors (Lipinski definition) is 6. The Balaban J connectivity index is 1.39. The summed E-state index contributed by atoms with van der Waals surface area (Å²) >= 11 is 0. The summed E-state index contributed by atoms with van der Waals surface area (Å²) < 4.78 is 12.7. The average molecular weight is 398 g/mol. The lowest BCUT2D eigenvalue weighted by Gasteiger charge is -2.34. The molecule has 3 heterocycles. The van der Waals surface area contributed by atoms with Gasteiger partial charge in [0.1, 0.15) is 11.6 Å². The maximum atomic E-state index is 13.1. The van der Waals surface area contributed by atoms with Gasteiger partial charge in [-0.2, -0.15) is 0 Å². The van der Waals surface area contributed by atoms with E-state index < -0.39 is 12.1 Å². The van der Waals surface area contributed by atoms with Crippen LogP contribution in [0, 0.1) is 0 Å². The van der Waals surface area contributed by atoms with Gasteiger partial charge in [0.2, 0.25) is 0 Å². The summed E-state index contributed by atoms with van der Waals surface area (Å²) in [5.41, 5.74) is 7.36. The molecule has 2 N–H and O–H groups in total. The van der Waals surface area contributed by atoms with E-state index in [0.29, 0.717) is 18.9 Å². The smallest absolute Gasteiger partial charge is 0.360 e. The molecular formula is C21H26N4O4. The predicted molar refractivity (Wildman–Crippen MR) is 107 cm³/mol. The molecule has 8 nitrogen and oxygen atoms in total. The van der Waals surface area contributed by atoms with E-state index in [2.05, 4.69) is 4.98 Å². The number of anilines is 1. The first kappa shape index (κ1) is 19.3. The Kier molecular flexibility index (Phi) is 5.17. The van der Waals surface area contributed by atoms with E-state index in [1.807, 2.05) is 40.7 Å². The lowest BCUT2D eigenvalue weighted by molar-refractivity contribution is -0.140. The van der Waals surface area contributed by atoms with E-state index >= 15 is 0 Å². The number of piperidine rings is 1. The van der Waals surface area contributed by atoms with Gasteiger partial charge in [0.15, 0.2) is 11.8 Å². The number of carbonyl (C=O) groups is 2. The van der Waals surface area contributed by atoms with E-state index in [-0.39, 0.29) is 30.2 Å². The number of imidazole rings is 1. The van der Waals surface area contributed by atoms with Gasteiger partial charge in [-0.3, -0.25) is 4.79 Å². The minimum Gasteiger partial charge on any atom is -0.480 e. The highest BCUT2D eigenvalue weighted by Crippen LogP contribution is 2.39. The number of amides is 1. The highest BCUT2D eigenvalue weighted by Gasteiger charge is 2.39. The maximum absolute atomic E-state index is 13.1. The van der Waals surface area contributed by atoms with E-state index in [1.165, 1.54) is 0 Å². The molecule has 1 aromatic carbocycles. The lowest BCUT2D eigenvalue weighted by Crippen LogP contribution is -2.46. The van der Waals surface area contributed by atoms with Crippen LogP contribution < -0.4 is 10.5 Å². The highest BCUT2D eigenvalue weighted by molar-refractivity contribution is 5.92. The number of ether oxygens (including phenoxy) is 2. The molecule has 2 aliphatic heterocycles. The van der Waals surface area contributed by atoms with Gasteiger partial charge in [0, 0.05) is 30.6 Å². The molecule has 0 unspecified atom stereocenters. The minimum atomic E-state index is -0.511. The van der Waals surface area contributed by atoms with Crippen molar-refractivity contribution in [2.24, 2.45) is 0 Å².